The van der Waals surface area contributed by atoms with Gasteiger partial charge in [-0.3, -0.25) is 9.59 Å². The van der Waals surface area contributed by atoms with E-state index in [2.05, 4.69) is 0 Å². The third kappa shape index (κ3) is 4.27. The minimum Gasteiger partial charge on any atom is -0.449 e. The molecule has 0 saturated heterocycles. The first-order valence-corrected chi connectivity index (χ1v) is 9.92. The average Bonchev–Trinajstić information content (AvgIpc) is 2.64. The number of halogens is 1. The van der Waals surface area contributed by atoms with Gasteiger partial charge in [-0.05, 0) is 48.5 Å². The van der Waals surface area contributed by atoms with Gasteiger partial charge in [0, 0.05) is 22.9 Å². The molecule has 0 bridgehead atoms. The Kier molecular flexibility index (Phi) is 5.16. The fourth-order valence-corrected chi connectivity index (χ4v) is 3.08. The second-order valence-electron chi connectivity index (χ2n) is 5.64. The van der Waals surface area contributed by atoms with Crippen molar-refractivity contribution in [1.82, 2.24) is 0 Å². The van der Waals surface area contributed by atoms with Gasteiger partial charge < -0.3 is 9.15 Å². The summed E-state index contributed by atoms with van der Waals surface area (Å²) >= 11 is 5.84. The summed E-state index contributed by atoms with van der Waals surface area (Å²) in [4.78, 5) is 23.6. The summed E-state index contributed by atoms with van der Waals surface area (Å²) < 4.78 is 34.4. The van der Waals surface area contributed by atoms with Crippen LogP contribution >= 0.6 is 11.6 Å². The van der Waals surface area contributed by atoms with Gasteiger partial charge in [0.25, 0.3) is 0 Å². The molecule has 0 amide bonds. The molecule has 3 aromatic rings. The summed E-state index contributed by atoms with van der Waals surface area (Å²) in [6.07, 6.45) is 1.49. The molecule has 3 rings (SSSR count). The van der Waals surface area contributed by atoms with Crippen LogP contribution in [0.3, 0.4) is 0 Å². The minimum atomic E-state index is -3.38. The van der Waals surface area contributed by atoms with Crippen LogP contribution in [-0.4, -0.2) is 21.0 Å². The first-order valence-electron chi connectivity index (χ1n) is 7.65. The molecular weight excluding hydrogens is 392 g/mol. The molecule has 27 heavy (non-hydrogen) atoms. The van der Waals surface area contributed by atoms with Crippen molar-refractivity contribution in [1.29, 1.82) is 0 Å². The molecule has 0 atom stereocenters. The second-order valence-corrected chi connectivity index (χ2v) is 8.09. The van der Waals surface area contributed by atoms with Gasteiger partial charge in [-0.2, -0.15) is 0 Å². The van der Waals surface area contributed by atoms with Crippen molar-refractivity contribution in [2.75, 3.05) is 6.26 Å². The molecule has 0 fully saturated rings. The predicted octanol–water partition coefficient (Wildman–Crippen LogP) is 3.97. The number of aldehydes is 1. The zero-order chi connectivity index (χ0) is 19.6. The number of hydrogen-bond donors (Lipinski definition) is 0. The van der Waals surface area contributed by atoms with Gasteiger partial charge in [-0.25, -0.2) is 8.42 Å². The summed E-state index contributed by atoms with van der Waals surface area (Å²) in [6.45, 7) is 0. The molecule has 0 spiro atoms. The molecule has 0 aliphatic heterocycles. The van der Waals surface area contributed by atoms with Gasteiger partial charge in [0.05, 0.1) is 4.90 Å². The SMILES string of the molecule is CS(=O)(=O)c1ccc(-c2oc(C=O)cc(=O)c2Oc2ccc(Cl)cc2)cc1. The highest BCUT2D eigenvalue weighted by Crippen LogP contribution is 2.32. The Labute approximate surface area is 159 Å². The maximum Gasteiger partial charge on any atom is 0.228 e. The number of hydrogen-bond acceptors (Lipinski definition) is 6. The average molecular weight is 405 g/mol. The molecule has 0 unspecified atom stereocenters. The summed E-state index contributed by atoms with van der Waals surface area (Å²) in [5, 5.41) is 0.502. The van der Waals surface area contributed by atoms with Crippen LogP contribution < -0.4 is 10.2 Å². The van der Waals surface area contributed by atoms with E-state index in [-0.39, 0.29) is 22.2 Å². The monoisotopic (exact) mass is 404 g/mol. The van der Waals surface area contributed by atoms with E-state index >= 15 is 0 Å². The normalized spacial score (nSPS) is 11.2. The van der Waals surface area contributed by atoms with Crippen LogP contribution in [0.2, 0.25) is 5.02 Å². The number of carbonyl (C=O) groups is 1. The number of carbonyl (C=O) groups excluding carboxylic acids is 1. The standard InChI is InChI=1S/C19H13ClO6S/c1-27(23,24)16-8-2-12(3-9-16)18-19(17(22)10-15(11-21)26-18)25-14-6-4-13(20)5-7-14/h2-11H,1H3. The molecule has 0 saturated carbocycles. The van der Waals surface area contributed by atoms with Gasteiger partial charge in [-0.15, -0.1) is 0 Å². The molecule has 138 valence electrons. The van der Waals surface area contributed by atoms with Crippen molar-refractivity contribution in [2.24, 2.45) is 0 Å². The fourth-order valence-electron chi connectivity index (χ4n) is 2.32. The third-order valence-electron chi connectivity index (χ3n) is 3.62. The number of benzene rings is 2. The smallest absolute Gasteiger partial charge is 0.228 e. The van der Waals surface area contributed by atoms with E-state index < -0.39 is 15.3 Å². The Balaban J connectivity index is 2.12. The molecule has 0 aliphatic carbocycles. The first-order chi connectivity index (χ1) is 12.8. The van der Waals surface area contributed by atoms with Crippen molar-refractivity contribution >= 4 is 27.7 Å². The van der Waals surface area contributed by atoms with Gasteiger partial charge in [0.1, 0.15) is 5.75 Å². The van der Waals surface area contributed by atoms with Crippen LogP contribution in [0.15, 0.2) is 68.7 Å². The highest BCUT2D eigenvalue weighted by atomic mass is 35.5. The summed E-state index contributed by atoms with van der Waals surface area (Å²) in [5.74, 6) is 0.0554. The first kappa shape index (κ1) is 18.9. The van der Waals surface area contributed by atoms with Crippen molar-refractivity contribution in [2.45, 2.75) is 4.90 Å². The van der Waals surface area contributed by atoms with E-state index in [1.54, 1.807) is 24.3 Å². The third-order valence-corrected chi connectivity index (χ3v) is 5.00. The van der Waals surface area contributed by atoms with E-state index in [0.717, 1.165) is 12.3 Å². The fraction of sp³-hybridized carbons (Fsp3) is 0.0526. The highest BCUT2D eigenvalue weighted by molar-refractivity contribution is 7.90. The summed E-state index contributed by atoms with van der Waals surface area (Å²) in [6, 6.07) is 13.1. The molecule has 0 N–H and O–H groups in total. The summed E-state index contributed by atoms with van der Waals surface area (Å²) in [7, 11) is -3.38. The zero-order valence-corrected chi connectivity index (χ0v) is 15.6. The van der Waals surface area contributed by atoms with Crippen molar-refractivity contribution < 1.29 is 22.4 Å². The molecule has 2 aromatic carbocycles. The molecule has 6 nitrogen and oxygen atoms in total. The summed E-state index contributed by atoms with van der Waals surface area (Å²) in [5.41, 5.74) is -0.173. The molecule has 1 aromatic heterocycles. The van der Waals surface area contributed by atoms with Crippen molar-refractivity contribution in [3.8, 4) is 22.8 Å². The maximum atomic E-state index is 12.4. The Morgan fingerprint density at radius 2 is 1.67 bits per heavy atom. The Morgan fingerprint density at radius 3 is 2.22 bits per heavy atom. The largest absolute Gasteiger partial charge is 0.449 e. The topological polar surface area (TPSA) is 90.6 Å². The van der Waals surface area contributed by atoms with E-state index in [1.807, 2.05) is 0 Å². The lowest BCUT2D eigenvalue weighted by molar-refractivity contribution is 0.109. The lowest BCUT2D eigenvalue weighted by Crippen LogP contribution is -2.07. The molecule has 0 aliphatic rings. The lowest BCUT2D eigenvalue weighted by Gasteiger charge is -2.11. The zero-order valence-electron chi connectivity index (χ0n) is 14.0. The van der Waals surface area contributed by atoms with Crippen molar-refractivity contribution in [3.63, 3.8) is 0 Å². The van der Waals surface area contributed by atoms with E-state index in [1.165, 1.54) is 24.3 Å². The van der Waals surface area contributed by atoms with Gasteiger partial charge in [0.15, 0.2) is 27.6 Å². The van der Waals surface area contributed by atoms with Crippen LogP contribution in [0.5, 0.6) is 11.5 Å². The Hall–Kier alpha value is -2.90. The van der Waals surface area contributed by atoms with E-state index in [9.17, 15) is 18.0 Å². The van der Waals surface area contributed by atoms with E-state index in [4.69, 9.17) is 20.8 Å². The van der Waals surface area contributed by atoms with Crippen LogP contribution in [-0.2, 0) is 9.84 Å². The minimum absolute atomic E-state index is 0.0135. The number of ether oxygens (including phenoxy) is 1. The van der Waals surface area contributed by atoms with Crippen LogP contribution in [0.4, 0.5) is 0 Å². The lowest BCUT2D eigenvalue weighted by atomic mass is 10.1. The van der Waals surface area contributed by atoms with Gasteiger partial charge in [-0.1, -0.05) is 11.6 Å². The molecular formula is C19H13ClO6S. The number of rotatable bonds is 5. The quantitative estimate of drug-likeness (QED) is 0.597. The van der Waals surface area contributed by atoms with E-state index in [0.29, 0.717) is 22.6 Å². The van der Waals surface area contributed by atoms with Crippen LogP contribution in [0.25, 0.3) is 11.3 Å². The van der Waals surface area contributed by atoms with Crippen LogP contribution in [0, 0.1) is 0 Å². The second kappa shape index (κ2) is 7.38. The van der Waals surface area contributed by atoms with Gasteiger partial charge >= 0.3 is 0 Å². The Morgan fingerprint density at radius 1 is 1.04 bits per heavy atom. The molecule has 0 radical (unpaired) electrons. The molecule has 8 heteroatoms. The van der Waals surface area contributed by atoms with Gasteiger partial charge in [0.2, 0.25) is 11.2 Å². The maximum absolute atomic E-state index is 12.4. The number of sulfone groups is 1. The molecule has 1 heterocycles. The van der Waals surface area contributed by atoms with Crippen LogP contribution in [0.1, 0.15) is 10.6 Å². The van der Waals surface area contributed by atoms with Crippen molar-refractivity contribution in [3.05, 3.63) is 75.6 Å². The Bertz CT molecular complexity index is 1150. The highest BCUT2D eigenvalue weighted by Gasteiger charge is 2.18. The predicted molar refractivity (Wildman–Crippen MR) is 100 cm³/mol.